The Labute approximate surface area is 244 Å². The second kappa shape index (κ2) is 12.1. The molecule has 0 bridgehead atoms. The van der Waals surface area contributed by atoms with Gasteiger partial charge < -0.3 is 26.2 Å². The van der Waals surface area contributed by atoms with Gasteiger partial charge in [-0.25, -0.2) is 8.42 Å². The summed E-state index contributed by atoms with van der Waals surface area (Å²) in [5.41, 5.74) is 6.38. The fraction of sp³-hybridized carbons (Fsp3) is 0.464. The van der Waals surface area contributed by atoms with Crippen LogP contribution in [0.4, 0.5) is 0 Å². The molecule has 2 aliphatic heterocycles. The van der Waals surface area contributed by atoms with E-state index in [9.17, 15) is 22.8 Å². The standard InChI is InChI=1S/C28H35ClN6O5S/c29-22-7-6-20(16-30)21(14-22)17-32-25(36)24-8-11-35(24)27(38)28(15-23(28)26(37)34-12-9-31-10-13-34)33-41(39,40)18-19-4-2-1-3-5-19/h1-7,14,23-24,31,33H,8-13,15-18,30H2,(H,32,36)/t23-,24+,28+/m1/s1. The monoisotopic (exact) mass is 602 g/mol. The van der Waals surface area contributed by atoms with Crippen LogP contribution in [0.25, 0.3) is 0 Å². The predicted molar refractivity (Wildman–Crippen MR) is 154 cm³/mol. The van der Waals surface area contributed by atoms with Crippen LogP contribution in [0, 0.1) is 5.92 Å². The molecule has 1 saturated carbocycles. The minimum atomic E-state index is -3.99. The zero-order valence-corrected chi connectivity index (χ0v) is 24.2. The van der Waals surface area contributed by atoms with Crippen molar-refractivity contribution in [2.45, 2.75) is 43.3 Å². The van der Waals surface area contributed by atoms with Gasteiger partial charge in [0.2, 0.25) is 27.7 Å². The summed E-state index contributed by atoms with van der Waals surface area (Å²) in [6, 6.07) is 13.1. The van der Waals surface area contributed by atoms with Gasteiger partial charge in [0.1, 0.15) is 11.6 Å². The first kappa shape index (κ1) is 29.5. The Morgan fingerprint density at radius 1 is 1.05 bits per heavy atom. The van der Waals surface area contributed by atoms with E-state index < -0.39 is 33.4 Å². The number of nitrogens with zero attached hydrogens (tertiary/aromatic N) is 2. The van der Waals surface area contributed by atoms with E-state index in [0.717, 1.165) is 11.1 Å². The number of amides is 3. The molecule has 1 aliphatic carbocycles. The molecule has 5 rings (SSSR count). The number of sulfonamides is 1. The maximum Gasteiger partial charge on any atom is 0.245 e. The lowest BCUT2D eigenvalue weighted by atomic mass is 9.98. The SMILES string of the molecule is NCc1ccc(Cl)cc1CNC(=O)[C@@H]1CCN1C(=O)[C@]1(NS(=O)(=O)Cc2ccccc2)C[C@@H]1C(=O)N1CCNCC1. The number of likely N-dealkylation sites (tertiary alicyclic amines) is 1. The molecule has 41 heavy (non-hydrogen) atoms. The average molecular weight is 603 g/mol. The van der Waals surface area contributed by atoms with Gasteiger partial charge in [-0.3, -0.25) is 14.4 Å². The Morgan fingerprint density at radius 2 is 1.78 bits per heavy atom. The molecule has 3 fully saturated rings. The van der Waals surface area contributed by atoms with Crippen molar-refractivity contribution < 1.29 is 22.8 Å². The van der Waals surface area contributed by atoms with E-state index in [1.165, 1.54) is 4.90 Å². The largest absolute Gasteiger partial charge is 0.350 e. The molecule has 2 aromatic rings. The number of carbonyl (C=O) groups is 3. The van der Waals surface area contributed by atoms with E-state index in [1.54, 1.807) is 53.4 Å². The lowest BCUT2D eigenvalue weighted by molar-refractivity contribution is -0.150. The Bertz CT molecular complexity index is 1420. The van der Waals surface area contributed by atoms with Gasteiger partial charge in [-0.2, -0.15) is 4.72 Å². The van der Waals surface area contributed by atoms with Gasteiger partial charge in [-0.05, 0) is 41.7 Å². The van der Waals surface area contributed by atoms with E-state index in [1.807, 2.05) is 0 Å². The molecule has 5 N–H and O–H groups in total. The van der Waals surface area contributed by atoms with E-state index >= 15 is 0 Å². The molecule has 13 heteroatoms. The topological polar surface area (TPSA) is 154 Å². The van der Waals surface area contributed by atoms with Crippen molar-refractivity contribution in [1.29, 1.82) is 0 Å². The molecule has 3 aliphatic rings. The molecule has 11 nitrogen and oxygen atoms in total. The van der Waals surface area contributed by atoms with Crippen molar-refractivity contribution in [1.82, 2.24) is 25.2 Å². The molecule has 0 unspecified atom stereocenters. The first-order chi connectivity index (χ1) is 19.6. The van der Waals surface area contributed by atoms with E-state index in [2.05, 4.69) is 15.4 Å². The number of nitrogens with two attached hydrogens (primary N) is 1. The lowest BCUT2D eigenvalue weighted by Crippen LogP contribution is -2.64. The first-order valence-electron chi connectivity index (χ1n) is 13.7. The molecule has 2 heterocycles. The molecule has 2 saturated heterocycles. The molecule has 220 valence electrons. The van der Waals surface area contributed by atoms with Crippen LogP contribution in [0.3, 0.4) is 0 Å². The van der Waals surface area contributed by atoms with Crippen LogP contribution in [0.5, 0.6) is 0 Å². The third kappa shape index (κ3) is 6.41. The summed E-state index contributed by atoms with van der Waals surface area (Å²) in [6.45, 7) is 2.99. The number of hydrogen-bond donors (Lipinski definition) is 4. The summed E-state index contributed by atoms with van der Waals surface area (Å²) in [4.78, 5) is 43.6. The summed E-state index contributed by atoms with van der Waals surface area (Å²) >= 11 is 6.11. The molecule has 3 atom stereocenters. The maximum absolute atomic E-state index is 14.0. The quantitative estimate of drug-likeness (QED) is 0.305. The molecule has 0 aromatic heterocycles. The Balaban J connectivity index is 1.32. The summed E-state index contributed by atoms with van der Waals surface area (Å²) in [5, 5.41) is 6.56. The molecule has 0 spiro atoms. The molecule has 2 aromatic carbocycles. The van der Waals surface area contributed by atoms with Crippen LogP contribution in [-0.4, -0.2) is 80.2 Å². The number of rotatable bonds is 10. The van der Waals surface area contributed by atoms with Crippen LogP contribution in [0.15, 0.2) is 48.5 Å². The number of benzene rings is 2. The van der Waals surface area contributed by atoms with E-state index in [4.69, 9.17) is 17.3 Å². The van der Waals surface area contributed by atoms with Crippen molar-refractivity contribution >= 4 is 39.3 Å². The minimum Gasteiger partial charge on any atom is -0.350 e. The third-order valence-corrected chi connectivity index (χ3v) is 9.65. The molecular formula is C28H35ClN6O5S. The summed E-state index contributed by atoms with van der Waals surface area (Å²) in [6.07, 6.45) is 0.482. The highest BCUT2D eigenvalue weighted by Crippen LogP contribution is 2.48. The van der Waals surface area contributed by atoms with Gasteiger partial charge in [0, 0.05) is 50.8 Å². The van der Waals surface area contributed by atoms with Gasteiger partial charge in [-0.1, -0.05) is 48.0 Å². The van der Waals surface area contributed by atoms with Crippen LogP contribution in [0.1, 0.15) is 29.5 Å². The lowest BCUT2D eigenvalue weighted by Gasteiger charge is -2.42. The fourth-order valence-corrected chi connectivity index (χ4v) is 7.35. The average Bonchev–Trinajstić information content (AvgIpc) is 3.66. The highest BCUT2D eigenvalue weighted by atomic mass is 35.5. The number of nitrogens with one attached hydrogen (secondary N) is 3. The second-order valence-electron chi connectivity index (χ2n) is 10.8. The van der Waals surface area contributed by atoms with Crippen molar-refractivity contribution in [3.8, 4) is 0 Å². The van der Waals surface area contributed by atoms with Crippen molar-refractivity contribution in [3.63, 3.8) is 0 Å². The normalized spacial score (nSPS) is 24.0. The Morgan fingerprint density at radius 3 is 2.44 bits per heavy atom. The van der Waals surface area contributed by atoms with Crippen molar-refractivity contribution in [2.75, 3.05) is 32.7 Å². The van der Waals surface area contributed by atoms with Gasteiger partial charge in [0.15, 0.2) is 0 Å². The minimum absolute atomic E-state index is 0.0514. The highest BCUT2D eigenvalue weighted by Gasteiger charge is 2.68. The number of hydrogen-bond acceptors (Lipinski definition) is 7. The first-order valence-corrected chi connectivity index (χ1v) is 15.8. The Kier molecular flexibility index (Phi) is 8.67. The smallest absolute Gasteiger partial charge is 0.245 e. The second-order valence-corrected chi connectivity index (χ2v) is 12.9. The highest BCUT2D eigenvalue weighted by molar-refractivity contribution is 7.88. The zero-order chi connectivity index (χ0) is 29.2. The van der Waals surface area contributed by atoms with Crippen LogP contribution in [-0.2, 0) is 43.2 Å². The summed E-state index contributed by atoms with van der Waals surface area (Å²) < 4.78 is 29.2. The zero-order valence-electron chi connectivity index (χ0n) is 22.6. The van der Waals surface area contributed by atoms with Gasteiger partial charge in [0.05, 0.1) is 11.7 Å². The predicted octanol–water partition coefficient (Wildman–Crippen LogP) is 0.326. The van der Waals surface area contributed by atoms with Crippen LogP contribution >= 0.6 is 11.6 Å². The van der Waals surface area contributed by atoms with Gasteiger partial charge >= 0.3 is 0 Å². The van der Waals surface area contributed by atoms with Crippen molar-refractivity contribution in [2.24, 2.45) is 11.7 Å². The fourth-order valence-electron chi connectivity index (χ4n) is 5.58. The Hall–Kier alpha value is -3.03. The molecule has 3 amide bonds. The number of halogens is 1. The van der Waals surface area contributed by atoms with Crippen LogP contribution < -0.4 is 21.1 Å². The van der Waals surface area contributed by atoms with Gasteiger partial charge in [0.25, 0.3) is 0 Å². The van der Waals surface area contributed by atoms with Crippen LogP contribution in [0.2, 0.25) is 5.02 Å². The van der Waals surface area contributed by atoms with Gasteiger partial charge in [-0.15, -0.1) is 0 Å². The summed E-state index contributed by atoms with van der Waals surface area (Å²) in [7, 11) is -3.99. The van der Waals surface area contributed by atoms with E-state index in [0.29, 0.717) is 49.7 Å². The molecule has 0 radical (unpaired) electrons. The maximum atomic E-state index is 14.0. The third-order valence-electron chi connectivity index (χ3n) is 8.03. The molecular weight excluding hydrogens is 568 g/mol. The summed E-state index contributed by atoms with van der Waals surface area (Å²) in [5.74, 6) is -2.31. The number of carbonyl (C=O) groups excluding carboxylic acids is 3. The van der Waals surface area contributed by atoms with Crippen molar-refractivity contribution in [3.05, 3.63) is 70.2 Å². The van der Waals surface area contributed by atoms with E-state index in [-0.39, 0.29) is 37.1 Å². The number of piperazine rings is 1.